The third kappa shape index (κ3) is 2.10. The predicted octanol–water partition coefficient (Wildman–Crippen LogP) is 2.39. The van der Waals surface area contributed by atoms with Crippen LogP contribution in [0.25, 0.3) is 0 Å². The molecule has 0 bridgehead atoms. The standard InChI is InChI=1S/C13H9FN2O2S/c14-9-4-3-5-10(8-9)15-13-11-6-1-2-7-12(11)19(17,18)16-13/h1-8H,(H,15,16). The van der Waals surface area contributed by atoms with E-state index in [0.29, 0.717) is 11.3 Å². The Balaban J connectivity index is 2.04. The molecule has 0 atom stereocenters. The van der Waals surface area contributed by atoms with Crippen LogP contribution in [0.2, 0.25) is 0 Å². The van der Waals surface area contributed by atoms with Crippen molar-refractivity contribution >= 4 is 21.5 Å². The molecule has 1 aliphatic heterocycles. The van der Waals surface area contributed by atoms with Gasteiger partial charge in [-0.2, -0.15) is 8.42 Å². The van der Waals surface area contributed by atoms with Crippen molar-refractivity contribution in [2.45, 2.75) is 4.90 Å². The summed E-state index contributed by atoms with van der Waals surface area (Å²) in [5.74, 6) is -0.194. The zero-order chi connectivity index (χ0) is 13.5. The van der Waals surface area contributed by atoms with Crippen molar-refractivity contribution in [3.8, 4) is 0 Å². The van der Waals surface area contributed by atoms with Gasteiger partial charge in [-0.25, -0.2) is 4.39 Å². The Kier molecular flexibility index (Phi) is 2.60. The molecule has 0 amide bonds. The van der Waals surface area contributed by atoms with Gasteiger partial charge in [-0.15, -0.1) is 4.40 Å². The highest BCUT2D eigenvalue weighted by molar-refractivity contribution is 7.90. The van der Waals surface area contributed by atoms with E-state index in [4.69, 9.17) is 0 Å². The highest BCUT2D eigenvalue weighted by Gasteiger charge is 2.28. The van der Waals surface area contributed by atoms with Crippen LogP contribution in [0.15, 0.2) is 57.8 Å². The normalized spacial score (nSPS) is 15.7. The highest BCUT2D eigenvalue weighted by Crippen LogP contribution is 2.26. The van der Waals surface area contributed by atoms with E-state index < -0.39 is 15.8 Å². The van der Waals surface area contributed by atoms with Crippen LogP contribution in [0, 0.1) is 5.82 Å². The van der Waals surface area contributed by atoms with E-state index in [2.05, 4.69) is 9.71 Å². The lowest BCUT2D eigenvalue weighted by Crippen LogP contribution is -2.11. The molecule has 1 heterocycles. The average Bonchev–Trinajstić information content (AvgIpc) is 2.62. The number of anilines is 1. The number of amidine groups is 1. The molecule has 0 aromatic heterocycles. The third-order valence-electron chi connectivity index (χ3n) is 2.72. The van der Waals surface area contributed by atoms with E-state index >= 15 is 0 Å². The maximum Gasteiger partial charge on any atom is 0.285 e. The third-order valence-corrected chi connectivity index (χ3v) is 4.05. The number of nitrogens with one attached hydrogen (secondary N) is 1. The molecule has 0 spiro atoms. The molecule has 4 nitrogen and oxygen atoms in total. The summed E-state index contributed by atoms with van der Waals surface area (Å²) in [4.78, 5) is 0.161. The van der Waals surface area contributed by atoms with Gasteiger partial charge in [0, 0.05) is 11.3 Å². The first kappa shape index (κ1) is 11.9. The zero-order valence-corrected chi connectivity index (χ0v) is 10.5. The lowest BCUT2D eigenvalue weighted by atomic mass is 10.2. The molecule has 3 rings (SSSR count). The SMILES string of the molecule is O=S1(=O)N=C(Nc2cccc(F)c2)c2ccccc21. The minimum atomic E-state index is -3.65. The fraction of sp³-hybridized carbons (Fsp3) is 0. The van der Waals surface area contributed by atoms with Gasteiger partial charge in [-0.3, -0.25) is 0 Å². The maximum atomic E-state index is 13.1. The molecule has 6 heteroatoms. The molecule has 1 N–H and O–H groups in total. The number of fused-ring (bicyclic) bond motifs is 1. The summed E-state index contributed by atoms with van der Waals surface area (Å²) in [5.41, 5.74) is 0.942. The van der Waals surface area contributed by atoms with E-state index in [9.17, 15) is 12.8 Å². The van der Waals surface area contributed by atoms with Crippen LogP contribution in [-0.2, 0) is 10.0 Å². The Morgan fingerprint density at radius 2 is 1.84 bits per heavy atom. The number of hydrogen-bond donors (Lipinski definition) is 1. The van der Waals surface area contributed by atoms with Crippen molar-refractivity contribution in [2.75, 3.05) is 5.32 Å². The summed E-state index contributed by atoms with van der Waals surface area (Å²) in [7, 11) is -3.65. The quantitative estimate of drug-likeness (QED) is 0.870. The first-order valence-electron chi connectivity index (χ1n) is 5.53. The molecule has 19 heavy (non-hydrogen) atoms. The second kappa shape index (κ2) is 4.17. The summed E-state index contributed by atoms with van der Waals surface area (Å²) in [6.45, 7) is 0. The van der Waals surface area contributed by atoms with Gasteiger partial charge in [0.15, 0.2) is 5.84 Å². The number of nitrogens with zero attached hydrogens (tertiary/aromatic N) is 1. The minimum absolute atomic E-state index is 0.161. The van der Waals surface area contributed by atoms with E-state index in [-0.39, 0.29) is 10.7 Å². The zero-order valence-electron chi connectivity index (χ0n) is 9.67. The van der Waals surface area contributed by atoms with Crippen LogP contribution < -0.4 is 5.32 Å². The lowest BCUT2D eigenvalue weighted by molar-refractivity contribution is 0.599. The van der Waals surface area contributed by atoms with E-state index in [1.165, 1.54) is 24.3 Å². The number of rotatable bonds is 1. The molecular weight excluding hydrogens is 267 g/mol. The molecule has 0 aliphatic carbocycles. The Bertz CT molecular complexity index is 785. The van der Waals surface area contributed by atoms with E-state index in [1.807, 2.05) is 0 Å². The van der Waals surface area contributed by atoms with Crippen LogP contribution in [-0.4, -0.2) is 14.3 Å². The molecular formula is C13H9FN2O2S. The topological polar surface area (TPSA) is 58.5 Å². The van der Waals surface area contributed by atoms with Crippen molar-refractivity contribution in [1.82, 2.24) is 0 Å². The molecule has 0 fully saturated rings. The number of hydrogen-bond acceptors (Lipinski definition) is 3. The molecule has 0 saturated carbocycles. The smallest absolute Gasteiger partial charge is 0.285 e. The second-order valence-electron chi connectivity index (χ2n) is 4.05. The van der Waals surface area contributed by atoms with Crippen LogP contribution in [0.5, 0.6) is 0 Å². The lowest BCUT2D eigenvalue weighted by Gasteiger charge is -2.06. The van der Waals surface area contributed by atoms with Gasteiger partial charge in [0.05, 0.1) is 0 Å². The van der Waals surface area contributed by atoms with Gasteiger partial charge in [0.1, 0.15) is 10.7 Å². The second-order valence-corrected chi connectivity index (χ2v) is 5.62. The highest BCUT2D eigenvalue weighted by atomic mass is 32.2. The van der Waals surface area contributed by atoms with Gasteiger partial charge >= 0.3 is 0 Å². The van der Waals surface area contributed by atoms with Crippen LogP contribution in [0.3, 0.4) is 0 Å². The summed E-state index contributed by atoms with van der Waals surface area (Å²) in [5, 5.41) is 2.82. The fourth-order valence-corrected chi connectivity index (χ4v) is 3.07. The molecule has 1 aliphatic rings. The molecule has 0 saturated heterocycles. The summed E-state index contributed by atoms with van der Waals surface area (Å²) < 4.78 is 40.4. The van der Waals surface area contributed by atoms with Crippen LogP contribution in [0.1, 0.15) is 5.56 Å². The molecule has 0 radical (unpaired) electrons. The van der Waals surface area contributed by atoms with Crippen molar-refractivity contribution in [3.63, 3.8) is 0 Å². The van der Waals surface area contributed by atoms with Gasteiger partial charge in [0.25, 0.3) is 10.0 Å². The van der Waals surface area contributed by atoms with E-state index in [1.54, 1.807) is 24.3 Å². The number of halogens is 1. The van der Waals surface area contributed by atoms with Gasteiger partial charge in [-0.1, -0.05) is 18.2 Å². The van der Waals surface area contributed by atoms with Crippen LogP contribution in [0.4, 0.5) is 10.1 Å². The maximum absolute atomic E-state index is 13.1. The van der Waals surface area contributed by atoms with Crippen LogP contribution >= 0.6 is 0 Å². The Labute approximate surface area is 109 Å². The first-order valence-corrected chi connectivity index (χ1v) is 6.97. The van der Waals surface area contributed by atoms with Crippen molar-refractivity contribution in [3.05, 3.63) is 59.9 Å². The fourth-order valence-electron chi connectivity index (χ4n) is 1.90. The Morgan fingerprint density at radius 1 is 1.05 bits per heavy atom. The van der Waals surface area contributed by atoms with Crippen molar-refractivity contribution in [2.24, 2.45) is 4.40 Å². The van der Waals surface area contributed by atoms with Crippen molar-refractivity contribution < 1.29 is 12.8 Å². The number of sulfonamides is 1. The predicted molar refractivity (Wildman–Crippen MR) is 70.2 cm³/mol. The summed E-state index contributed by atoms with van der Waals surface area (Å²) in [6, 6.07) is 12.3. The summed E-state index contributed by atoms with van der Waals surface area (Å²) >= 11 is 0. The van der Waals surface area contributed by atoms with Gasteiger partial charge in [0.2, 0.25) is 0 Å². The first-order chi connectivity index (χ1) is 9.06. The molecule has 2 aromatic rings. The Morgan fingerprint density at radius 3 is 2.63 bits per heavy atom. The monoisotopic (exact) mass is 276 g/mol. The molecule has 96 valence electrons. The molecule has 0 unspecified atom stereocenters. The van der Waals surface area contributed by atoms with Gasteiger partial charge < -0.3 is 5.32 Å². The number of benzene rings is 2. The van der Waals surface area contributed by atoms with Crippen molar-refractivity contribution in [1.29, 1.82) is 0 Å². The minimum Gasteiger partial charge on any atom is -0.339 e. The van der Waals surface area contributed by atoms with E-state index in [0.717, 1.165) is 0 Å². The largest absolute Gasteiger partial charge is 0.339 e. The Hall–Kier alpha value is -2.21. The average molecular weight is 276 g/mol. The summed E-state index contributed by atoms with van der Waals surface area (Å²) in [6.07, 6.45) is 0. The van der Waals surface area contributed by atoms with Gasteiger partial charge in [-0.05, 0) is 30.3 Å². The molecule has 2 aromatic carbocycles.